The minimum Gasteiger partial charge on any atom is -0.383 e. The third-order valence-electron chi connectivity index (χ3n) is 3.70. The number of hydrogen-bond acceptors (Lipinski definition) is 3. The van der Waals surface area contributed by atoms with Crippen molar-refractivity contribution in [2.45, 2.75) is 32.7 Å². The zero-order valence-electron chi connectivity index (χ0n) is 12.9. The Morgan fingerprint density at radius 2 is 2.26 bits per heavy atom. The van der Waals surface area contributed by atoms with Gasteiger partial charge in [0.05, 0.1) is 6.61 Å². The van der Waals surface area contributed by atoms with Gasteiger partial charge in [-0.1, -0.05) is 6.92 Å². The molecule has 2 N–H and O–H groups in total. The highest BCUT2D eigenvalue weighted by Crippen LogP contribution is 2.17. The lowest BCUT2D eigenvalue weighted by Crippen LogP contribution is -2.48. The molecule has 112 valence electrons. The number of methoxy groups -OCH3 is 1. The molecule has 0 aliphatic carbocycles. The highest BCUT2D eigenvalue weighted by Gasteiger charge is 2.20. The van der Waals surface area contributed by atoms with E-state index in [2.05, 4.69) is 34.4 Å². The monoisotopic (exact) mass is 270 g/mol. The van der Waals surface area contributed by atoms with E-state index in [1.807, 2.05) is 0 Å². The van der Waals surface area contributed by atoms with Crippen LogP contribution in [0.3, 0.4) is 0 Å². The molecular formula is C14H30N4O. The lowest BCUT2D eigenvalue weighted by Gasteiger charge is -2.35. The number of piperidine rings is 1. The first-order valence-electron chi connectivity index (χ1n) is 7.34. The second kappa shape index (κ2) is 9.15. The van der Waals surface area contributed by atoms with Crippen LogP contribution in [-0.4, -0.2) is 63.8 Å². The summed E-state index contributed by atoms with van der Waals surface area (Å²) in [7, 11) is 3.51. The fourth-order valence-corrected chi connectivity index (χ4v) is 2.49. The zero-order chi connectivity index (χ0) is 14.1. The van der Waals surface area contributed by atoms with Crippen LogP contribution >= 0.6 is 0 Å². The molecule has 1 aliphatic heterocycles. The summed E-state index contributed by atoms with van der Waals surface area (Å²) >= 11 is 0. The normalized spacial score (nSPS) is 23.2. The number of hydrogen-bond donors (Lipinski definition) is 2. The fraction of sp³-hybridized carbons (Fsp3) is 0.929. The van der Waals surface area contributed by atoms with Gasteiger partial charge in [0.25, 0.3) is 0 Å². The third kappa shape index (κ3) is 6.25. The van der Waals surface area contributed by atoms with Crippen molar-refractivity contribution in [2.24, 2.45) is 10.9 Å². The molecule has 5 heteroatoms. The first-order chi connectivity index (χ1) is 9.17. The van der Waals surface area contributed by atoms with E-state index in [1.165, 1.54) is 25.9 Å². The Morgan fingerprint density at radius 3 is 2.89 bits per heavy atom. The van der Waals surface area contributed by atoms with Crippen LogP contribution in [0.15, 0.2) is 4.99 Å². The van der Waals surface area contributed by atoms with Gasteiger partial charge in [-0.05, 0) is 32.2 Å². The molecule has 0 amide bonds. The molecule has 0 spiro atoms. The maximum atomic E-state index is 5.02. The summed E-state index contributed by atoms with van der Waals surface area (Å²) in [6.07, 6.45) is 2.70. The molecule has 2 unspecified atom stereocenters. The SMILES string of the molecule is CN=C(NCCOC)NCC(C)N1CCCC(C)C1. The summed E-state index contributed by atoms with van der Waals surface area (Å²) < 4.78 is 5.02. The highest BCUT2D eigenvalue weighted by atomic mass is 16.5. The molecule has 1 saturated heterocycles. The van der Waals surface area contributed by atoms with Crippen LogP contribution in [-0.2, 0) is 4.74 Å². The van der Waals surface area contributed by atoms with Gasteiger partial charge in [-0.25, -0.2) is 0 Å². The number of likely N-dealkylation sites (tertiary alicyclic amines) is 1. The van der Waals surface area contributed by atoms with E-state index < -0.39 is 0 Å². The van der Waals surface area contributed by atoms with Crippen molar-refractivity contribution in [2.75, 3.05) is 46.9 Å². The minimum atomic E-state index is 0.545. The van der Waals surface area contributed by atoms with Crippen molar-refractivity contribution in [1.82, 2.24) is 15.5 Å². The number of guanidine groups is 1. The molecular weight excluding hydrogens is 240 g/mol. The van der Waals surface area contributed by atoms with Gasteiger partial charge >= 0.3 is 0 Å². The van der Waals surface area contributed by atoms with E-state index in [-0.39, 0.29) is 0 Å². The lowest BCUT2D eigenvalue weighted by atomic mass is 9.99. The molecule has 1 heterocycles. The Morgan fingerprint density at radius 1 is 1.47 bits per heavy atom. The molecule has 1 rings (SSSR count). The Balaban J connectivity index is 2.25. The Hall–Kier alpha value is -0.810. The highest BCUT2D eigenvalue weighted by molar-refractivity contribution is 5.79. The van der Waals surface area contributed by atoms with Crippen LogP contribution < -0.4 is 10.6 Å². The first-order valence-corrected chi connectivity index (χ1v) is 7.34. The predicted octanol–water partition coefficient (Wildman–Crippen LogP) is 0.918. The van der Waals surface area contributed by atoms with Gasteiger partial charge < -0.3 is 15.4 Å². The van der Waals surface area contributed by atoms with Crippen LogP contribution in [0.5, 0.6) is 0 Å². The summed E-state index contributed by atoms with van der Waals surface area (Å²) in [5.74, 6) is 1.68. The number of rotatable bonds is 6. The molecule has 0 aromatic rings. The standard InChI is InChI=1S/C14H30N4O/c1-12-6-5-8-18(11-12)13(2)10-17-14(15-3)16-7-9-19-4/h12-13H,5-11H2,1-4H3,(H2,15,16,17). The Bertz CT molecular complexity index is 270. The topological polar surface area (TPSA) is 48.9 Å². The fourth-order valence-electron chi connectivity index (χ4n) is 2.49. The van der Waals surface area contributed by atoms with Crippen molar-refractivity contribution < 1.29 is 4.74 Å². The number of ether oxygens (including phenoxy) is 1. The summed E-state index contributed by atoms with van der Waals surface area (Å²) in [6.45, 7) is 9.48. The molecule has 0 aromatic heterocycles. The third-order valence-corrected chi connectivity index (χ3v) is 3.70. The molecule has 5 nitrogen and oxygen atoms in total. The molecule has 1 fully saturated rings. The van der Waals surface area contributed by atoms with E-state index in [9.17, 15) is 0 Å². The van der Waals surface area contributed by atoms with Crippen molar-refractivity contribution >= 4 is 5.96 Å². The number of nitrogens with zero attached hydrogens (tertiary/aromatic N) is 2. The van der Waals surface area contributed by atoms with E-state index >= 15 is 0 Å². The smallest absolute Gasteiger partial charge is 0.191 e. The van der Waals surface area contributed by atoms with Gasteiger partial charge in [0, 0.05) is 39.8 Å². The first kappa shape index (κ1) is 16.2. The summed E-state index contributed by atoms with van der Waals surface area (Å²) in [6, 6.07) is 0.545. The maximum Gasteiger partial charge on any atom is 0.191 e. The van der Waals surface area contributed by atoms with Crippen molar-refractivity contribution in [3.05, 3.63) is 0 Å². The molecule has 0 radical (unpaired) electrons. The molecule has 2 atom stereocenters. The molecule has 0 aromatic carbocycles. The van der Waals surface area contributed by atoms with Gasteiger partial charge in [0.1, 0.15) is 0 Å². The van der Waals surface area contributed by atoms with E-state index in [1.54, 1.807) is 14.2 Å². The second-order valence-electron chi connectivity index (χ2n) is 5.46. The van der Waals surface area contributed by atoms with Crippen molar-refractivity contribution in [3.63, 3.8) is 0 Å². The largest absolute Gasteiger partial charge is 0.383 e. The number of nitrogens with one attached hydrogen (secondary N) is 2. The Kier molecular flexibility index (Phi) is 7.82. The Labute approximate surface area is 117 Å². The van der Waals surface area contributed by atoms with Gasteiger partial charge in [0.15, 0.2) is 5.96 Å². The minimum absolute atomic E-state index is 0.545. The van der Waals surface area contributed by atoms with Gasteiger partial charge in [0.2, 0.25) is 0 Å². The molecule has 0 bridgehead atoms. The van der Waals surface area contributed by atoms with Crippen LogP contribution in [0.2, 0.25) is 0 Å². The van der Waals surface area contributed by atoms with E-state index in [0.29, 0.717) is 12.6 Å². The summed E-state index contributed by atoms with van der Waals surface area (Å²) in [5, 5.41) is 6.61. The molecule has 1 aliphatic rings. The van der Waals surface area contributed by atoms with Crippen LogP contribution in [0.1, 0.15) is 26.7 Å². The van der Waals surface area contributed by atoms with Crippen LogP contribution in [0, 0.1) is 5.92 Å². The quantitative estimate of drug-likeness (QED) is 0.428. The molecule has 0 saturated carbocycles. The van der Waals surface area contributed by atoms with E-state index in [0.717, 1.165) is 25.0 Å². The lowest BCUT2D eigenvalue weighted by molar-refractivity contribution is 0.139. The van der Waals surface area contributed by atoms with Crippen LogP contribution in [0.25, 0.3) is 0 Å². The van der Waals surface area contributed by atoms with Crippen LogP contribution in [0.4, 0.5) is 0 Å². The maximum absolute atomic E-state index is 5.02. The average molecular weight is 270 g/mol. The van der Waals surface area contributed by atoms with Gasteiger partial charge in [-0.3, -0.25) is 9.89 Å². The number of aliphatic imine (C=N–C) groups is 1. The van der Waals surface area contributed by atoms with Gasteiger partial charge in [-0.2, -0.15) is 0 Å². The second-order valence-corrected chi connectivity index (χ2v) is 5.46. The predicted molar refractivity (Wildman–Crippen MR) is 80.7 cm³/mol. The summed E-state index contributed by atoms with van der Waals surface area (Å²) in [5.41, 5.74) is 0. The van der Waals surface area contributed by atoms with E-state index in [4.69, 9.17) is 4.74 Å². The summed E-state index contributed by atoms with van der Waals surface area (Å²) in [4.78, 5) is 6.79. The van der Waals surface area contributed by atoms with Crippen molar-refractivity contribution in [1.29, 1.82) is 0 Å². The van der Waals surface area contributed by atoms with Gasteiger partial charge in [-0.15, -0.1) is 0 Å². The van der Waals surface area contributed by atoms with Crippen molar-refractivity contribution in [3.8, 4) is 0 Å². The zero-order valence-corrected chi connectivity index (χ0v) is 12.9. The molecule has 19 heavy (non-hydrogen) atoms. The average Bonchev–Trinajstić information content (AvgIpc) is 2.42.